The molecular weight excluding hydrogens is 1260 g/mol. The monoisotopic (exact) mass is 1320 g/mol. The van der Waals surface area contributed by atoms with Crippen LogP contribution in [-0.4, -0.2) is 182 Å². The van der Waals surface area contributed by atoms with E-state index in [9.17, 15) is 37.5 Å². The van der Waals surface area contributed by atoms with Crippen LogP contribution < -0.4 is 20.4 Å². The van der Waals surface area contributed by atoms with Crippen LogP contribution in [0.5, 0.6) is 0 Å². The van der Waals surface area contributed by atoms with Crippen molar-refractivity contribution in [1.29, 1.82) is 0 Å². The number of carbonyl (C=O) groups is 6. The number of amides is 4. The number of esters is 4. The maximum absolute atomic E-state index is 14.0. The van der Waals surface area contributed by atoms with E-state index in [1.807, 2.05) is 41.3 Å². The third-order valence-corrected chi connectivity index (χ3v) is 18.1. The summed E-state index contributed by atoms with van der Waals surface area (Å²) >= 11 is 15.7. The van der Waals surface area contributed by atoms with Crippen LogP contribution in [0.15, 0.2) is 141 Å². The standard InChI is InChI=1S/C33H34ClFN6O5S.C30H28ClFN6O5S/c1-33(2,3)46-30(42)19-5-8-21(9-6-19)41-17-22-16-39(12-13-40(22)32(41)44)18-25-26(31(43)45-4)27(23-10-7-20(35)15-24(23)34)38-28(37-25)29-36-11-14-47-29;1-42-28(39)17-3-6-19(7-4-17)38-15-20-14-36(10-11-37(20)30(38)41)16-23-24(29(40)43-2)25(21-8-5-18(32)13-22(21)31)35-26(34-23)27-33-9-12-44-27/h5-11,14-15,22,27H,12-13,16-18H2,1-4H3,(H,37,38);3-9,12-13,20,25H,10-11,14-16H2,1-2H3,(H,34,35)/t22-,27-;20-,25-/m00/s1. The Morgan fingerprint density at radius 2 is 0.978 bits per heavy atom. The van der Waals surface area contributed by atoms with Gasteiger partial charge in [-0.1, -0.05) is 35.3 Å². The summed E-state index contributed by atoms with van der Waals surface area (Å²) in [6.45, 7) is 10.2. The van der Waals surface area contributed by atoms with Gasteiger partial charge in [-0.15, -0.1) is 22.7 Å². The van der Waals surface area contributed by atoms with Crippen LogP contribution in [0.25, 0.3) is 0 Å². The smallest absolute Gasteiger partial charge is 0.338 e. The first kappa shape index (κ1) is 63.9. The molecule has 6 aromatic rings. The molecule has 2 aromatic heterocycles. The lowest BCUT2D eigenvalue weighted by Crippen LogP contribution is -2.53. The summed E-state index contributed by atoms with van der Waals surface area (Å²) in [5.74, 6) is -2.12. The van der Waals surface area contributed by atoms with Gasteiger partial charge < -0.3 is 39.4 Å². The maximum Gasteiger partial charge on any atom is 0.338 e. The first-order valence-corrected chi connectivity index (χ1v) is 31.3. The number of anilines is 2. The average molecular weight is 1320 g/mol. The number of aromatic nitrogens is 2. The van der Waals surface area contributed by atoms with Crippen LogP contribution in [0.1, 0.15) is 74.7 Å². The fourth-order valence-corrected chi connectivity index (χ4v) is 13.4. The van der Waals surface area contributed by atoms with E-state index in [-0.39, 0.29) is 45.3 Å². The Balaban J connectivity index is 0.000000187. The van der Waals surface area contributed by atoms with Gasteiger partial charge in [0.05, 0.1) is 55.7 Å². The number of nitrogens with zero attached hydrogens (tertiary/aromatic N) is 10. The second kappa shape index (κ2) is 27.0. The topological polar surface area (TPSA) is 233 Å². The van der Waals surface area contributed by atoms with E-state index in [1.54, 1.807) is 70.7 Å². The molecule has 91 heavy (non-hydrogen) atoms. The molecule has 474 valence electrons. The number of thiazole rings is 2. The van der Waals surface area contributed by atoms with Crippen LogP contribution in [0.3, 0.4) is 0 Å². The molecule has 0 spiro atoms. The van der Waals surface area contributed by atoms with E-state index in [4.69, 9.17) is 52.1 Å². The summed E-state index contributed by atoms with van der Waals surface area (Å²) < 4.78 is 48.6. The number of ether oxygens (including phenoxy) is 4. The van der Waals surface area contributed by atoms with Crippen LogP contribution >= 0.6 is 45.9 Å². The molecule has 4 fully saturated rings. The first-order chi connectivity index (χ1) is 43.7. The lowest BCUT2D eigenvalue weighted by molar-refractivity contribution is -0.137. The Morgan fingerprint density at radius 1 is 0.571 bits per heavy atom. The van der Waals surface area contributed by atoms with Crippen molar-refractivity contribution >= 4 is 105 Å². The third kappa shape index (κ3) is 13.8. The quantitative estimate of drug-likeness (QED) is 0.0765. The molecule has 6 aliphatic heterocycles. The number of urea groups is 2. The molecule has 4 aromatic carbocycles. The maximum atomic E-state index is 14.0. The molecule has 28 heteroatoms. The van der Waals surface area contributed by atoms with Gasteiger partial charge in [-0.3, -0.25) is 29.6 Å². The second-order valence-electron chi connectivity index (χ2n) is 22.8. The number of rotatable bonds is 14. The lowest BCUT2D eigenvalue weighted by Gasteiger charge is -2.38. The number of piperazine rings is 2. The van der Waals surface area contributed by atoms with Crippen molar-refractivity contribution in [2.24, 2.45) is 9.98 Å². The Hall–Kier alpha value is -8.66. The van der Waals surface area contributed by atoms with E-state index in [0.29, 0.717) is 132 Å². The van der Waals surface area contributed by atoms with Crippen LogP contribution in [0.2, 0.25) is 10.0 Å². The predicted octanol–water partition coefficient (Wildman–Crippen LogP) is 8.90. The van der Waals surface area contributed by atoms with E-state index in [0.717, 1.165) is 0 Å². The van der Waals surface area contributed by atoms with Gasteiger partial charge in [-0.25, -0.2) is 47.5 Å². The molecule has 0 saturated carbocycles. The van der Waals surface area contributed by atoms with Crippen LogP contribution in [0, 0.1) is 11.6 Å². The van der Waals surface area contributed by atoms with Gasteiger partial charge >= 0.3 is 35.9 Å². The molecule has 0 unspecified atom stereocenters. The van der Waals surface area contributed by atoms with Crippen molar-refractivity contribution in [2.75, 3.05) is 96.6 Å². The van der Waals surface area contributed by atoms with E-state index in [2.05, 4.69) is 30.4 Å². The van der Waals surface area contributed by atoms with E-state index in [1.165, 1.54) is 80.4 Å². The van der Waals surface area contributed by atoms with E-state index < -0.39 is 53.2 Å². The van der Waals surface area contributed by atoms with Gasteiger partial charge in [-0.05, 0) is 93.6 Å². The third-order valence-electron chi connectivity index (χ3n) is 15.9. The average Bonchev–Trinajstić information content (AvgIpc) is 1.67. The van der Waals surface area contributed by atoms with Crippen molar-refractivity contribution in [1.82, 2.24) is 40.2 Å². The fraction of sp³-hybridized carbons (Fsp3) is 0.333. The number of fused-ring (bicyclic) bond motifs is 2. The lowest BCUT2D eigenvalue weighted by atomic mass is 9.95. The van der Waals surface area contributed by atoms with Gasteiger partial charge in [0.2, 0.25) is 0 Å². The summed E-state index contributed by atoms with van der Waals surface area (Å²) in [6.07, 6.45) is 3.32. The molecule has 12 rings (SSSR count). The highest BCUT2D eigenvalue weighted by Gasteiger charge is 2.45. The number of nitrogens with one attached hydrogen (secondary N) is 2. The van der Waals surface area contributed by atoms with Gasteiger partial charge in [0.15, 0.2) is 21.7 Å². The largest absolute Gasteiger partial charge is 0.466 e. The normalized spacial score (nSPS) is 20.2. The molecule has 0 radical (unpaired) electrons. The Labute approximate surface area is 540 Å². The number of carbonyl (C=O) groups excluding carboxylic acids is 6. The highest BCUT2D eigenvalue weighted by Crippen LogP contribution is 2.40. The van der Waals surface area contributed by atoms with Crippen molar-refractivity contribution in [3.05, 3.63) is 185 Å². The number of aliphatic imine (C=N–C) groups is 2. The highest BCUT2D eigenvalue weighted by atomic mass is 35.5. The van der Waals surface area contributed by atoms with Gasteiger partial charge in [0.1, 0.15) is 29.3 Å². The second-order valence-corrected chi connectivity index (χ2v) is 25.4. The van der Waals surface area contributed by atoms with E-state index >= 15 is 0 Å². The minimum atomic E-state index is -0.862. The SMILES string of the molecule is COC(=O)C1=C(CN2CCN3C(=O)N(c4ccc(C(=O)OC(C)(C)C)cc4)C[C@@H]3C2)NC(c2nccs2)=N[C@H]1c1ccc(F)cc1Cl.COC(=O)C1=C(CN2CCN3C(=O)N(c4ccc(C(=O)OC)cc4)C[C@@H]3C2)NC(c2nccs2)=N[C@H]1c1ccc(F)cc1Cl. The number of halogens is 4. The molecule has 4 atom stereocenters. The summed E-state index contributed by atoms with van der Waals surface area (Å²) in [5.41, 5.74) is 4.16. The molecule has 0 bridgehead atoms. The van der Waals surface area contributed by atoms with Gasteiger partial charge in [0, 0.05) is 133 Å². The number of hydrogen-bond donors (Lipinski definition) is 2. The molecule has 0 aliphatic carbocycles. The van der Waals surface area contributed by atoms with Gasteiger partial charge in [-0.2, -0.15) is 0 Å². The molecule has 2 N–H and O–H groups in total. The van der Waals surface area contributed by atoms with Crippen LogP contribution in [-0.2, 0) is 28.5 Å². The van der Waals surface area contributed by atoms with Crippen molar-refractivity contribution in [3.8, 4) is 0 Å². The molecule has 8 heterocycles. The minimum Gasteiger partial charge on any atom is -0.466 e. The molecule has 22 nitrogen and oxygen atoms in total. The molecule has 4 amide bonds. The number of benzene rings is 4. The summed E-state index contributed by atoms with van der Waals surface area (Å²) in [7, 11) is 3.92. The summed E-state index contributed by atoms with van der Waals surface area (Å²) in [4.78, 5) is 107. The predicted molar refractivity (Wildman–Crippen MR) is 339 cm³/mol. The molecule has 4 saturated heterocycles. The van der Waals surface area contributed by atoms with Crippen molar-refractivity contribution < 1.29 is 56.5 Å². The first-order valence-electron chi connectivity index (χ1n) is 28.8. The fourth-order valence-electron chi connectivity index (χ4n) is 11.7. The van der Waals surface area contributed by atoms with Gasteiger partial charge in [0.25, 0.3) is 0 Å². The van der Waals surface area contributed by atoms with Crippen LogP contribution in [0.4, 0.5) is 29.7 Å². The van der Waals surface area contributed by atoms with Crippen molar-refractivity contribution in [2.45, 2.75) is 50.5 Å². The minimum absolute atomic E-state index is 0.100. The summed E-state index contributed by atoms with van der Waals surface area (Å²) in [5, 5.41) is 11.8. The highest BCUT2D eigenvalue weighted by molar-refractivity contribution is 7.12. The zero-order valence-electron chi connectivity index (χ0n) is 50.2. The number of methoxy groups -OCH3 is 3. The Bertz CT molecular complexity index is 3920. The number of hydrogen-bond acceptors (Lipinski definition) is 20. The molecular formula is C63H62Cl2F2N12O10S2. The number of amidine groups is 2. The summed E-state index contributed by atoms with van der Waals surface area (Å²) in [6, 6.07) is 19.5. The zero-order chi connectivity index (χ0) is 64.4. The Kier molecular flexibility index (Phi) is 19.0. The Morgan fingerprint density at radius 3 is 1.34 bits per heavy atom. The zero-order valence-corrected chi connectivity index (χ0v) is 53.3. The van der Waals surface area contributed by atoms with Crippen molar-refractivity contribution in [3.63, 3.8) is 0 Å². The molecule has 6 aliphatic rings.